The molecule has 0 atom stereocenters. The fourth-order valence-corrected chi connectivity index (χ4v) is 2.86. The molecule has 0 unspecified atom stereocenters. The first-order valence-electron chi connectivity index (χ1n) is 5.14. The molecule has 1 aliphatic heterocycles. The molecule has 1 aliphatic rings. The molecule has 0 aliphatic carbocycles. The predicted molar refractivity (Wildman–Crippen MR) is 64.4 cm³/mol. The summed E-state index contributed by atoms with van der Waals surface area (Å²) >= 11 is 5.79. The third-order valence-electron chi connectivity index (χ3n) is 2.74. The summed E-state index contributed by atoms with van der Waals surface area (Å²) in [7, 11) is -4.47. The molecule has 0 spiro atoms. The van der Waals surface area contributed by atoms with Crippen LogP contribution in [0, 0.1) is 0 Å². The summed E-state index contributed by atoms with van der Waals surface area (Å²) in [5.74, 6) is -0.446. The van der Waals surface area contributed by atoms with E-state index in [1.165, 1.54) is 6.07 Å². The standard InChI is InChI=1S/C10H12ClNO4S/c11-7-5-8(12-3-1-2-4-12)10(13)9(6-7)17(14,15)16/h5-6,13H,1-4H2,(H,14,15,16). The van der Waals surface area contributed by atoms with Crippen molar-refractivity contribution in [3.8, 4) is 5.75 Å². The van der Waals surface area contributed by atoms with Crippen molar-refractivity contribution < 1.29 is 18.1 Å². The molecule has 1 fully saturated rings. The SMILES string of the molecule is O=S(=O)(O)c1cc(Cl)cc(N2CCCC2)c1O. The van der Waals surface area contributed by atoms with E-state index in [9.17, 15) is 13.5 Å². The number of hydrogen-bond acceptors (Lipinski definition) is 4. The lowest BCUT2D eigenvalue weighted by Crippen LogP contribution is -2.18. The molecule has 2 N–H and O–H groups in total. The van der Waals surface area contributed by atoms with Crippen molar-refractivity contribution in [2.45, 2.75) is 17.7 Å². The summed E-state index contributed by atoms with van der Waals surface area (Å²) in [5, 5.41) is 10.0. The van der Waals surface area contributed by atoms with Crippen LogP contribution in [0.4, 0.5) is 5.69 Å². The third-order valence-corrected chi connectivity index (χ3v) is 3.83. The van der Waals surface area contributed by atoms with Gasteiger partial charge in [0, 0.05) is 18.1 Å². The molecular formula is C10H12ClNO4S. The number of anilines is 1. The first kappa shape index (κ1) is 12.5. The van der Waals surface area contributed by atoms with Gasteiger partial charge < -0.3 is 10.0 Å². The van der Waals surface area contributed by atoms with E-state index in [1.54, 1.807) is 0 Å². The average molecular weight is 278 g/mol. The lowest BCUT2D eigenvalue weighted by atomic mass is 10.2. The van der Waals surface area contributed by atoms with E-state index in [0.29, 0.717) is 5.69 Å². The number of nitrogens with zero attached hydrogens (tertiary/aromatic N) is 1. The van der Waals surface area contributed by atoms with E-state index in [4.69, 9.17) is 16.2 Å². The Hall–Kier alpha value is -0.980. The second-order valence-corrected chi connectivity index (χ2v) is 5.77. The van der Waals surface area contributed by atoms with E-state index in [2.05, 4.69) is 0 Å². The largest absolute Gasteiger partial charge is 0.504 e. The molecule has 94 valence electrons. The molecule has 17 heavy (non-hydrogen) atoms. The minimum Gasteiger partial charge on any atom is -0.504 e. The van der Waals surface area contributed by atoms with E-state index < -0.39 is 20.8 Å². The second-order valence-electron chi connectivity index (χ2n) is 3.94. The van der Waals surface area contributed by atoms with Crippen molar-refractivity contribution in [2.75, 3.05) is 18.0 Å². The van der Waals surface area contributed by atoms with E-state index >= 15 is 0 Å². The van der Waals surface area contributed by atoms with Crippen LogP contribution >= 0.6 is 11.6 Å². The smallest absolute Gasteiger partial charge is 0.298 e. The van der Waals surface area contributed by atoms with Crippen molar-refractivity contribution in [3.05, 3.63) is 17.2 Å². The topological polar surface area (TPSA) is 77.8 Å². The van der Waals surface area contributed by atoms with Gasteiger partial charge in [-0.1, -0.05) is 11.6 Å². The fourth-order valence-electron chi connectivity index (χ4n) is 1.96. The number of halogens is 1. The molecular weight excluding hydrogens is 266 g/mol. The van der Waals surface area contributed by atoms with Gasteiger partial charge in [-0.15, -0.1) is 0 Å². The normalized spacial score (nSPS) is 16.5. The lowest BCUT2D eigenvalue weighted by molar-refractivity contribution is 0.443. The van der Waals surface area contributed by atoms with Gasteiger partial charge in [0.25, 0.3) is 10.1 Å². The second kappa shape index (κ2) is 4.36. The first-order valence-corrected chi connectivity index (χ1v) is 6.96. The molecule has 5 nitrogen and oxygen atoms in total. The molecule has 2 rings (SSSR count). The Morgan fingerprint density at radius 2 is 1.82 bits per heavy atom. The van der Waals surface area contributed by atoms with E-state index in [0.717, 1.165) is 32.0 Å². The van der Waals surface area contributed by atoms with Crippen LogP contribution in [-0.2, 0) is 10.1 Å². The molecule has 1 aromatic carbocycles. The molecule has 7 heteroatoms. The Bertz CT molecular complexity index is 537. The number of phenolic OH excluding ortho intramolecular Hbond substituents is 1. The highest BCUT2D eigenvalue weighted by Crippen LogP contribution is 2.38. The highest BCUT2D eigenvalue weighted by Gasteiger charge is 2.23. The van der Waals surface area contributed by atoms with Crippen molar-refractivity contribution in [2.24, 2.45) is 0 Å². The van der Waals surface area contributed by atoms with Crippen LogP contribution in [0.25, 0.3) is 0 Å². The van der Waals surface area contributed by atoms with Gasteiger partial charge in [0.1, 0.15) is 4.90 Å². The molecule has 0 saturated carbocycles. The summed E-state index contributed by atoms with van der Waals surface area (Å²) in [6, 6.07) is 2.53. The number of rotatable bonds is 2. The Labute approximate surface area is 104 Å². The van der Waals surface area contributed by atoms with Gasteiger partial charge >= 0.3 is 0 Å². The molecule has 1 heterocycles. The number of aromatic hydroxyl groups is 1. The number of benzene rings is 1. The van der Waals surface area contributed by atoms with Gasteiger partial charge in [0.05, 0.1) is 5.69 Å². The molecule has 0 radical (unpaired) electrons. The highest BCUT2D eigenvalue weighted by atomic mass is 35.5. The lowest BCUT2D eigenvalue weighted by Gasteiger charge is -2.20. The molecule has 0 bridgehead atoms. The van der Waals surface area contributed by atoms with Crippen molar-refractivity contribution >= 4 is 27.4 Å². The van der Waals surface area contributed by atoms with Crippen LogP contribution < -0.4 is 4.90 Å². The Balaban J connectivity index is 2.57. The van der Waals surface area contributed by atoms with E-state index in [1.807, 2.05) is 4.90 Å². The van der Waals surface area contributed by atoms with Gasteiger partial charge in [0.15, 0.2) is 5.75 Å². The average Bonchev–Trinajstić information content (AvgIpc) is 2.72. The molecule has 0 aromatic heterocycles. The first-order chi connectivity index (χ1) is 7.89. The maximum absolute atomic E-state index is 11.1. The van der Waals surface area contributed by atoms with Crippen LogP contribution in [-0.4, -0.2) is 31.2 Å². The monoisotopic (exact) mass is 277 g/mol. The third kappa shape index (κ3) is 2.48. The Kier molecular flexibility index (Phi) is 3.20. The Morgan fingerprint density at radius 3 is 2.35 bits per heavy atom. The fraction of sp³-hybridized carbons (Fsp3) is 0.400. The summed E-state index contributed by atoms with van der Waals surface area (Å²) in [5.41, 5.74) is 0.350. The van der Waals surface area contributed by atoms with Crippen LogP contribution in [0.3, 0.4) is 0 Å². The van der Waals surface area contributed by atoms with Gasteiger partial charge in [-0.25, -0.2) is 0 Å². The Morgan fingerprint density at radius 1 is 1.24 bits per heavy atom. The highest BCUT2D eigenvalue weighted by molar-refractivity contribution is 7.86. The number of hydrogen-bond donors (Lipinski definition) is 2. The summed E-state index contributed by atoms with van der Waals surface area (Å²) in [6.45, 7) is 1.47. The minimum absolute atomic E-state index is 0.164. The van der Waals surface area contributed by atoms with Gasteiger partial charge in [0.2, 0.25) is 0 Å². The molecule has 0 amide bonds. The van der Waals surface area contributed by atoms with Crippen LogP contribution in [0.15, 0.2) is 17.0 Å². The minimum atomic E-state index is -4.47. The summed E-state index contributed by atoms with van der Waals surface area (Å²) in [6.07, 6.45) is 1.96. The van der Waals surface area contributed by atoms with Crippen molar-refractivity contribution in [3.63, 3.8) is 0 Å². The van der Waals surface area contributed by atoms with Gasteiger partial charge in [-0.2, -0.15) is 8.42 Å². The van der Waals surface area contributed by atoms with Gasteiger partial charge in [-0.05, 0) is 25.0 Å². The van der Waals surface area contributed by atoms with Crippen molar-refractivity contribution in [1.82, 2.24) is 0 Å². The van der Waals surface area contributed by atoms with Crippen LogP contribution in [0.5, 0.6) is 5.75 Å². The maximum atomic E-state index is 11.1. The predicted octanol–water partition coefficient (Wildman–Crippen LogP) is 1.89. The number of phenols is 1. The summed E-state index contributed by atoms with van der Waals surface area (Å²) < 4.78 is 31.2. The zero-order valence-electron chi connectivity index (χ0n) is 8.93. The quantitative estimate of drug-likeness (QED) is 0.807. The molecule has 1 saturated heterocycles. The molecule has 1 aromatic rings. The van der Waals surface area contributed by atoms with Crippen LogP contribution in [0.1, 0.15) is 12.8 Å². The zero-order valence-corrected chi connectivity index (χ0v) is 10.5. The zero-order chi connectivity index (χ0) is 12.6. The van der Waals surface area contributed by atoms with E-state index in [-0.39, 0.29) is 5.02 Å². The van der Waals surface area contributed by atoms with Crippen LogP contribution in [0.2, 0.25) is 5.02 Å². The maximum Gasteiger partial charge on any atom is 0.298 e. The van der Waals surface area contributed by atoms with Crippen molar-refractivity contribution in [1.29, 1.82) is 0 Å². The van der Waals surface area contributed by atoms with Gasteiger partial charge in [-0.3, -0.25) is 4.55 Å². The summed E-state index contributed by atoms with van der Waals surface area (Å²) in [4.78, 5) is 1.29.